The summed E-state index contributed by atoms with van der Waals surface area (Å²) in [6.45, 7) is 1.63. The first kappa shape index (κ1) is 23.5. The third-order valence-corrected chi connectivity index (χ3v) is 6.86. The first-order valence-corrected chi connectivity index (χ1v) is 11.9. The second-order valence-corrected chi connectivity index (χ2v) is 9.94. The molecule has 11 heteroatoms. The zero-order valence-corrected chi connectivity index (χ0v) is 18.4. The summed E-state index contributed by atoms with van der Waals surface area (Å²) in [5, 5.41) is 0. The van der Waals surface area contributed by atoms with E-state index in [0.717, 1.165) is 24.6 Å². The predicted octanol–water partition coefficient (Wildman–Crippen LogP) is 5.53. The van der Waals surface area contributed by atoms with Gasteiger partial charge >= 0.3 is 6.18 Å². The van der Waals surface area contributed by atoms with Gasteiger partial charge in [-0.1, -0.05) is 12.1 Å². The van der Waals surface area contributed by atoms with Crippen LogP contribution in [0, 0.1) is 0 Å². The van der Waals surface area contributed by atoms with Crippen molar-refractivity contribution in [1.82, 2.24) is 4.90 Å². The number of halogens is 5. The number of sulfonamides is 1. The fourth-order valence-electron chi connectivity index (χ4n) is 4.06. The monoisotopic (exact) mass is 488 g/mol. The number of nitrogens with zero attached hydrogens (tertiary/aromatic N) is 2. The van der Waals surface area contributed by atoms with Crippen molar-refractivity contribution in [3.05, 3.63) is 59.2 Å². The molecule has 0 spiro atoms. The van der Waals surface area contributed by atoms with Crippen LogP contribution in [0.3, 0.4) is 0 Å². The van der Waals surface area contributed by atoms with E-state index in [-0.39, 0.29) is 23.2 Å². The molecule has 0 radical (unpaired) electrons. The number of ether oxygens (including phenoxy) is 1. The molecule has 0 aliphatic carbocycles. The van der Waals surface area contributed by atoms with Gasteiger partial charge in [-0.2, -0.15) is 13.2 Å². The average Bonchev–Trinajstić information content (AvgIpc) is 2.72. The van der Waals surface area contributed by atoms with Crippen LogP contribution in [0.4, 0.5) is 22.0 Å². The summed E-state index contributed by atoms with van der Waals surface area (Å²) < 4.78 is 100. The molecule has 0 amide bonds. The van der Waals surface area contributed by atoms with Crippen LogP contribution in [-0.4, -0.2) is 38.0 Å². The Bertz CT molecular complexity index is 1170. The van der Waals surface area contributed by atoms with Crippen molar-refractivity contribution >= 4 is 15.9 Å². The standard InChI is InChI=1S/C22H21F5N2O3S/c1-21(23,24)18-13-15(22(25,26)27)6-9-19(18)32-16-7-4-14(5-8-16)17-3-2-10-29-11-12-33(30,31)28-20(17)29/h4-9,13,17H,2-3,10-12H2,1H3. The van der Waals surface area contributed by atoms with Gasteiger partial charge in [0.1, 0.15) is 17.3 Å². The Morgan fingerprint density at radius 2 is 1.73 bits per heavy atom. The fourth-order valence-corrected chi connectivity index (χ4v) is 5.13. The zero-order chi connectivity index (χ0) is 24.0. The van der Waals surface area contributed by atoms with Crippen molar-refractivity contribution in [1.29, 1.82) is 0 Å². The van der Waals surface area contributed by atoms with Crippen molar-refractivity contribution in [2.75, 3.05) is 18.8 Å². The van der Waals surface area contributed by atoms with Crippen LogP contribution in [0.15, 0.2) is 46.9 Å². The van der Waals surface area contributed by atoms with E-state index >= 15 is 0 Å². The number of amidine groups is 1. The summed E-state index contributed by atoms with van der Waals surface area (Å²) in [5.74, 6) is -3.52. The second kappa shape index (κ2) is 8.27. The highest BCUT2D eigenvalue weighted by Gasteiger charge is 2.36. The van der Waals surface area contributed by atoms with E-state index in [2.05, 4.69) is 4.40 Å². The van der Waals surface area contributed by atoms with Crippen LogP contribution < -0.4 is 4.74 Å². The lowest BCUT2D eigenvalue weighted by molar-refractivity contribution is -0.137. The smallest absolute Gasteiger partial charge is 0.416 e. The van der Waals surface area contributed by atoms with Gasteiger partial charge in [-0.15, -0.1) is 4.40 Å². The van der Waals surface area contributed by atoms with Crippen molar-refractivity contribution in [3.8, 4) is 11.5 Å². The van der Waals surface area contributed by atoms with Crippen LogP contribution >= 0.6 is 0 Å². The number of piperidine rings is 1. The maximum atomic E-state index is 14.0. The third-order valence-electron chi connectivity index (χ3n) is 5.70. The predicted molar refractivity (Wildman–Crippen MR) is 112 cm³/mol. The molecule has 2 aromatic carbocycles. The van der Waals surface area contributed by atoms with E-state index in [1.807, 2.05) is 4.90 Å². The Balaban J connectivity index is 1.60. The van der Waals surface area contributed by atoms with Gasteiger partial charge in [0.25, 0.3) is 15.9 Å². The minimum Gasteiger partial charge on any atom is -0.457 e. The summed E-state index contributed by atoms with van der Waals surface area (Å²) >= 11 is 0. The molecule has 33 heavy (non-hydrogen) atoms. The van der Waals surface area contributed by atoms with Crippen LogP contribution in [0.1, 0.15) is 42.4 Å². The highest BCUT2D eigenvalue weighted by Crippen LogP contribution is 2.41. The maximum absolute atomic E-state index is 14.0. The lowest BCUT2D eigenvalue weighted by Gasteiger charge is -2.37. The van der Waals surface area contributed by atoms with Crippen molar-refractivity contribution in [2.24, 2.45) is 4.40 Å². The second-order valence-electron chi connectivity index (χ2n) is 8.19. The van der Waals surface area contributed by atoms with Gasteiger partial charge in [-0.3, -0.25) is 0 Å². The molecule has 1 unspecified atom stereocenters. The molecule has 2 aliphatic heterocycles. The topological polar surface area (TPSA) is 59.0 Å². The molecule has 1 saturated heterocycles. The Morgan fingerprint density at radius 1 is 1.03 bits per heavy atom. The van der Waals surface area contributed by atoms with E-state index in [0.29, 0.717) is 37.9 Å². The highest BCUT2D eigenvalue weighted by molar-refractivity contribution is 7.90. The Hall–Kier alpha value is -2.69. The van der Waals surface area contributed by atoms with E-state index in [1.165, 1.54) is 12.1 Å². The highest BCUT2D eigenvalue weighted by atomic mass is 32.2. The zero-order valence-electron chi connectivity index (χ0n) is 17.6. The molecule has 0 aromatic heterocycles. The number of hydrogen-bond donors (Lipinski definition) is 0. The van der Waals surface area contributed by atoms with Gasteiger partial charge in [0.05, 0.1) is 16.9 Å². The van der Waals surface area contributed by atoms with Gasteiger partial charge in [0, 0.05) is 25.9 Å². The van der Waals surface area contributed by atoms with Crippen molar-refractivity contribution < 1.29 is 35.1 Å². The summed E-state index contributed by atoms with van der Waals surface area (Å²) in [4.78, 5) is 1.96. The van der Waals surface area contributed by atoms with Crippen LogP contribution in [0.5, 0.6) is 11.5 Å². The van der Waals surface area contributed by atoms with Crippen LogP contribution in [0.2, 0.25) is 0 Å². The first-order valence-electron chi connectivity index (χ1n) is 10.3. The number of fused-ring (bicyclic) bond motifs is 1. The third kappa shape index (κ3) is 5.13. The van der Waals surface area contributed by atoms with Crippen molar-refractivity contribution in [3.63, 3.8) is 0 Å². The Kier molecular flexibility index (Phi) is 5.88. The minimum atomic E-state index is -4.76. The molecule has 5 nitrogen and oxygen atoms in total. The quantitative estimate of drug-likeness (QED) is 0.531. The van der Waals surface area contributed by atoms with Gasteiger partial charge in [0.15, 0.2) is 0 Å². The number of rotatable bonds is 4. The summed E-state index contributed by atoms with van der Waals surface area (Å²) in [6, 6.07) is 8.36. The van der Waals surface area contributed by atoms with E-state index in [9.17, 15) is 30.4 Å². The molecule has 1 fully saturated rings. The molecule has 0 N–H and O–H groups in total. The van der Waals surface area contributed by atoms with Gasteiger partial charge in [-0.05, 0) is 48.7 Å². The van der Waals surface area contributed by atoms with Gasteiger partial charge < -0.3 is 9.64 Å². The molecule has 2 aromatic rings. The molecule has 178 valence electrons. The first-order chi connectivity index (χ1) is 15.3. The SMILES string of the molecule is CC(F)(F)c1cc(C(F)(F)F)ccc1Oc1ccc(C2CCCN3CCS(=O)(=O)N=C23)cc1. The largest absolute Gasteiger partial charge is 0.457 e. The Labute approximate surface area is 187 Å². The van der Waals surface area contributed by atoms with E-state index in [4.69, 9.17) is 4.74 Å². The lowest BCUT2D eigenvalue weighted by Crippen LogP contribution is -2.46. The fraction of sp³-hybridized carbons (Fsp3) is 0.409. The molecule has 1 atom stereocenters. The van der Waals surface area contributed by atoms with E-state index < -0.39 is 33.2 Å². The normalized spacial score (nSPS) is 20.7. The molecule has 4 rings (SSSR count). The lowest BCUT2D eigenvalue weighted by atomic mass is 9.89. The molecule has 0 bridgehead atoms. The number of benzene rings is 2. The Morgan fingerprint density at radius 3 is 2.36 bits per heavy atom. The maximum Gasteiger partial charge on any atom is 0.416 e. The van der Waals surface area contributed by atoms with Gasteiger partial charge in [-0.25, -0.2) is 17.2 Å². The summed E-state index contributed by atoms with van der Waals surface area (Å²) in [5.41, 5.74) is -1.27. The molecule has 2 heterocycles. The van der Waals surface area contributed by atoms with E-state index in [1.54, 1.807) is 12.1 Å². The summed E-state index contributed by atoms with van der Waals surface area (Å²) in [7, 11) is -3.51. The number of hydrogen-bond acceptors (Lipinski definition) is 4. The molecule has 0 saturated carbocycles. The van der Waals surface area contributed by atoms with Crippen molar-refractivity contribution in [2.45, 2.75) is 37.8 Å². The molecular weight excluding hydrogens is 467 g/mol. The average molecular weight is 488 g/mol. The van der Waals surface area contributed by atoms with Crippen LogP contribution in [-0.2, 0) is 22.1 Å². The summed E-state index contributed by atoms with van der Waals surface area (Å²) in [6.07, 6.45) is -3.19. The minimum absolute atomic E-state index is 0.0203. The molecular formula is C22H21F5N2O3S. The van der Waals surface area contributed by atoms with Gasteiger partial charge in [0.2, 0.25) is 0 Å². The molecule has 2 aliphatic rings. The van der Waals surface area contributed by atoms with Crippen LogP contribution in [0.25, 0.3) is 0 Å². The number of alkyl halides is 5.